The molecule has 0 aliphatic heterocycles. The van der Waals surface area contributed by atoms with E-state index in [-0.39, 0.29) is 18.4 Å². The van der Waals surface area contributed by atoms with Gasteiger partial charge in [-0.1, -0.05) is 12.1 Å². The Labute approximate surface area is 98.3 Å². The summed E-state index contributed by atoms with van der Waals surface area (Å²) in [6, 6.07) is 5.16. The van der Waals surface area contributed by atoms with E-state index in [0.29, 0.717) is 11.1 Å². The minimum absolute atomic E-state index is 0.186. The molecule has 0 radical (unpaired) electrons. The first-order valence-corrected chi connectivity index (χ1v) is 5.09. The molecule has 0 aliphatic carbocycles. The normalized spacial score (nSPS) is 10.3. The third-order valence-corrected chi connectivity index (χ3v) is 2.42. The van der Waals surface area contributed by atoms with Gasteiger partial charge in [0.25, 0.3) is 0 Å². The molecular weight excluding hydrogens is 221 g/mol. The van der Waals surface area contributed by atoms with E-state index in [1.807, 2.05) is 0 Å². The highest BCUT2D eigenvalue weighted by Crippen LogP contribution is 2.21. The molecule has 0 saturated carbocycles. The van der Waals surface area contributed by atoms with Crippen LogP contribution >= 0.6 is 0 Å². The summed E-state index contributed by atoms with van der Waals surface area (Å²) in [4.78, 5) is 7.93. The zero-order valence-electron chi connectivity index (χ0n) is 9.35. The summed E-state index contributed by atoms with van der Waals surface area (Å²) in [6.45, 7) is 0.186. The summed E-state index contributed by atoms with van der Waals surface area (Å²) in [5, 5.41) is 0. The van der Waals surface area contributed by atoms with Crippen molar-refractivity contribution in [1.29, 1.82) is 0 Å². The Kier molecular flexibility index (Phi) is 3.30. The van der Waals surface area contributed by atoms with Crippen molar-refractivity contribution < 1.29 is 9.13 Å². The number of halogens is 1. The molecular formula is C12H12FN3O. The van der Waals surface area contributed by atoms with E-state index < -0.39 is 0 Å². The SMILES string of the molecule is COc1ncc(-c2ccc(CN)c(F)c2)cn1. The van der Waals surface area contributed by atoms with E-state index in [4.69, 9.17) is 10.5 Å². The maximum atomic E-state index is 13.5. The minimum Gasteiger partial charge on any atom is -0.467 e. The highest BCUT2D eigenvalue weighted by molar-refractivity contribution is 5.62. The highest BCUT2D eigenvalue weighted by Gasteiger charge is 2.05. The first-order valence-electron chi connectivity index (χ1n) is 5.09. The van der Waals surface area contributed by atoms with Crippen molar-refractivity contribution in [3.63, 3.8) is 0 Å². The largest absolute Gasteiger partial charge is 0.467 e. The molecule has 17 heavy (non-hydrogen) atoms. The van der Waals surface area contributed by atoms with Crippen LogP contribution in [0.25, 0.3) is 11.1 Å². The molecule has 1 heterocycles. The number of aromatic nitrogens is 2. The van der Waals surface area contributed by atoms with Crippen molar-refractivity contribution in [3.8, 4) is 17.1 Å². The second-order valence-electron chi connectivity index (χ2n) is 3.47. The molecule has 0 spiro atoms. The molecule has 5 heteroatoms. The van der Waals surface area contributed by atoms with Gasteiger partial charge in [0.05, 0.1) is 7.11 Å². The summed E-state index contributed by atoms with van der Waals surface area (Å²) in [5.74, 6) is -0.319. The van der Waals surface area contributed by atoms with Crippen LogP contribution in [-0.4, -0.2) is 17.1 Å². The standard InChI is InChI=1S/C12H12FN3O/c1-17-12-15-6-10(7-16-12)8-2-3-9(5-14)11(13)4-8/h2-4,6-7H,5,14H2,1H3. The summed E-state index contributed by atoms with van der Waals surface area (Å²) in [6.07, 6.45) is 3.17. The van der Waals surface area contributed by atoms with Crippen LogP contribution in [0.15, 0.2) is 30.6 Å². The van der Waals surface area contributed by atoms with Gasteiger partial charge in [-0.3, -0.25) is 0 Å². The van der Waals surface area contributed by atoms with E-state index in [9.17, 15) is 4.39 Å². The fourth-order valence-corrected chi connectivity index (χ4v) is 1.46. The van der Waals surface area contributed by atoms with E-state index in [2.05, 4.69) is 9.97 Å². The number of methoxy groups -OCH3 is 1. The van der Waals surface area contributed by atoms with Gasteiger partial charge in [0.1, 0.15) is 5.82 Å². The van der Waals surface area contributed by atoms with Gasteiger partial charge >= 0.3 is 6.01 Å². The van der Waals surface area contributed by atoms with Gasteiger partial charge in [0.15, 0.2) is 0 Å². The molecule has 2 N–H and O–H groups in total. The highest BCUT2D eigenvalue weighted by atomic mass is 19.1. The predicted octanol–water partition coefficient (Wildman–Crippen LogP) is 1.75. The van der Waals surface area contributed by atoms with Crippen molar-refractivity contribution >= 4 is 0 Å². The fourth-order valence-electron chi connectivity index (χ4n) is 1.46. The molecule has 88 valence electrons. The monoisotopic (exact) mass is 233 g/mol. The second-order valence-corrected chi connectivity index (χ2v) is 3.47. The van der Waals surface area contributed by atoms with Crippen molar-refractivity contribution in [2.75, 3.05) is 7.11 Å². The second kappa shape index (κ2) is 4.88. The van der Waals surface area contributed by atoms with E-state index in [1.54, 1.807) is 24.5 Å². The van der Waals surface area contributed by atoms with Crippen LogP contribution in [0.3, 0.4) is 0 Å². The minimum atomic E-state index is -0.319. The van der Waals surface area contributed by atoms with Gasteiger partial charge in [0.2, 0.25) is 0 Å². The fraction of sp³-hybridized carbons (Fsp3) is 0.167. The maximum absolute atomic E-state index is 13.5. The Morgan fingerprint density at radius 2 is 1.94 bits per heavy atom. The first-order chi connectivity index (χ1) is 8.24. The number of ether oxygens (including phenoxy) is 1. The molecule has 1 aromatic carbocycles. The van der Waals surface area contributed by atoms with E-state index >= 15 is 0 Å². The molecule has 0 aliphatic rings. The van der Waals surface area contributed by atoms with E-state index in [1.165, 1.54) is 13.2 Å². The number of rotatable bonds is 3. The van der Waals surface area contributed by atoms with Crippen LogP contribution in [-0.2, 0) is 6.54 Å². The first kappa shape index (κ1) is 11.5. The molecule has 0 saturated heterocycles. The molecule has 0 fully saturated rings. The van der Waals surface area contributed by atoms with Crippen LogP contribution in [0.5, 0.6) is 6.01 Å². The zero-order chi connectivity index (χ0) is 12.3. The van der Waals surface area contributed by atoms with Gasteiger partial charge in [-0.25, -0.2) is 14.4 Å². The van der Waals surface area contributed by atoms with Gasteiger partial charge < -0.3 is 10.5 Å². The van der Waals surface area contributed by atoms with Gasteiger partial charge in [0, 0.05) is 30.1 Å². The lowest BCUT2D eigenvalue weighted by atomic mass is 10.1. The Morgan fingerprint density at radius 3 is 2.47 bits per heavy atom. The van der Waals surface area contributed by atoms with Crippen LogP contribution in [0, 0.1) is 5.82 Å². The topological polar surface area (TPSA) is 61.0 Å². The van der Waals surface area contributed by atoms with E-state index in [0.717, 1.165) is 5.56 Å². The lowest BCUT2D eigenvalue weighted by Gasteiger charge is -2.04. The average molecular weight is 233 g/mol. The maximum Gasteiger partial charge on any atom is 0.316 e. The molecule has 0 bridgehead atoms. The average Bonchev–Trinajstić information content (AvgIpc) is 2.39. The van der Waals surface area contributed by atoms with Crippen molar-refractivity contribution in [2.45, 2.75) is 6.54 Å². The van der Waals surface area contributed by atoms with Gasteiger partial charge in [-0.15, -0.1) is 0 Å². The lowest BCUT2D eigenvalue weighted by molar-refractivity contribution is 0.380. The Bertz CT molecular complexity index is 514. The smallest absolute Gasteiger partial charge is 0.316 e. The Hall–Kier alpha value is -2.01. The number of hydrogen-bond acceptors (Lipinski definition) is 4. The third-order valence-electron chi connectivity index (χ3n) is 2.42. The molecule has 4 nitrogen and oxygen atoms in total. The van der Waals surface area contributed by atoms with Gasteiger partial charge in [-0.05, 0) is 11.6 Å². The molecule has 2 rings (SSSR count). The number of nitrogens with two attached hydrogens (primary N) is 1. The zero-order valence-corrected chi connectivity index (χ0v) is 9.35. The summed E-state index contributed by atoms with van der Waals surface area (Å²) < 4.78 is 18.4. The molecule has 1 aromatic heterocycles. The third kappa shape index (κ3) is 2.39. The summed E-state index contributed by atoms with van der Waals surface area (Å²) in [7, 11) is 1.49. The molecule has 0 unspecified atom stereocenters. The van der Waals surface area contributed by atoms with Crippen molar-refractivity contribution in [1.82, 2.24) is 9.97 Å². The van der Waals surface area contributed by atoms with Crippen molar-refractivity contribution in [3.05, 3.63) is 42.0 Å². The number of benzene rings is 1. The quantitative estimate of drug-likeness (QED) is 0.877. The summed E-state index contributed by atoms with van der Waals surface area (Å²) >= 11 is 0. The molecule has 0 amide bonds. The predicted molar refractivity (Wildman–Crippen MR) is 61.9 cm³/mol. The van der Waals surface area contributed by atoms with Crippen LogP contribution in [0.4, 0.5) is 4.39 Å². The Balaban J connectivity index is 2.35. The number of hydrogen-bond donors (Lipinski definition) is 1. The van der Waals surface area contributed by atoms with Crippen LogP contribution < -0.4 is 10.5 Å². The van der Waals surface area contributed by atoms with Crippen LogP contribution in [0.2, 0.25) is 0 Å². The molecule has 2 aromatic rings. The van der Waals surface area contributed by atoms with Crippen molar-refractivity contribution in [2.24, 2.45) is 5.73 Å². The van der Waals surface area contributed by atoms with Gasteiger partial charge in [-0.2, -0.15) is 0 Å². The lowest BCUT2D eigenvalue weighted by Crippen LogP contribution is -1.99. The molecule has 0 atom stereocenters. The van der Waals surface area contributed by atoms with Crippen LogP contribution in [0.1, 0.15) is 5.56 Å². The Morgan fingerprint density at radius 1 is 1.24 bits per heavy atom. The number of nitrogens with zero attached hydrogens (tertiary/aromatic N) is 2. The summed E-state index contributed by atoms with van der Waals surface area (Å²) in [5.41, 5.74) is 7.33.